The molecule has 18 heavy (non-hydrogen) atoms. The number of hydrogen-bond acceptors (Lipinski definition) is 2. The van der Waals surface area contributed by atoms with E-state index in [9.17, 15) is 0 Å². The second-order valence-corrected chi connectivity index (χ2v) is 5.76. The molecule has 2 heteroatoms. The van der Waals surface area contributed by atoms with Crippen LogP contribution in [0.2, 0.25) is 0 Å². The summed E-state index contributed by atoms with van der Waals surface area (Å²) < 4.78 is 0. The van der Waals surface area contributed by atoms with Crippen molar-refractivity contribution in [3.8, 4) is 0 Å². The molecule has 0 aliphatic carbocycles. The molecule has 0 saturated carbocycles. The van der Waals surface area contributed by atoms with E-state index < -0.39 is 0 Å². The smallest absolute Gasteiger partial charge is 0.0446 e. The Morgan fingerprint density at radius 3 is 2.67 bits per heavy atom. The maximum Gasteiger partial charge on any atom is 0.0446 e. The monoisotopic (exact) mass is 246 g/mol. The van der Waals surface area contributed by atoms with Gasteiger partial charge in [-0.3, -0.25) is 0 Å². The van der Waals surface area contributed by atoms with Crippen LogP contribution in [0.4, 0.5) is 0 Å². The maximum absolute atomic E-state index is 3.46. The summed E-state index contributed by atoms with van der Waals surface area (Å²) >= 11 is 0. The molecule has 0 aromatic heterocycles. The van der Waals surface area contributed by atoms with Gasteiger partial charge in [-0.25, -0.2) is 0 Å². The number of benzene rings is 1. The zero-order valence-electron chi connectivity index (χ0n) is 11.9. The first-order valence-corrected chi connectivity index (χ1v) is 7.15. The lowest BCUT2D eigenvalue weighted by Gasteiger charge is -2.33. The van der Waals surface area contributed by atoms with Gasteiger partial charge in [0.2, 0.25) is 0 Å². The fourth-order valence-corrected chi connectivity index (χ4v) is 2.87. The number of aryl methyl sites for hydroxylation is 1. The van der Waals surface area contributed by atoms with Crippen LogP contribution in [-0.4, -0.2) is 31.6 Å². The predicted molar refractivity (Wildman–Crippen MR) is 77.8 cm³/mol. The van der Waals surface area contributed by atoms with Crippen LogP contribution in [0, 0.1) is 12.8 Å². The van der Waals surface area contributed by atoms with Gasteiger partial charge in [0.25, 0.3) is 0 Å². The zero-order chi connectivity index (χ0) is 13.0. The Labute approximate surface area is 111 Å². The molecule has 0 spiro atoms. The summed E-state index contributed by atoms with van der Waals surface area (Å²) in [7, 11) is 2.07. The number of likely N-dealkylation sites (N-methyl/N-ethyl adjacent to an activating group) is 1. The Morgan fingerprint density at radius 1 is 1.33 bits per heavy atom. The van der Waals surface area contributed by atoms with Gasteiger partial charge in [-0.05, 0) is 44.8 Å². The fourth-order valence-electron chi connectivity index (χ4n) is 2.87. The molecule has 1 aromatic rings. The van der Waals surface area contributed by atoms with Crippen molar-refractivity contribution in [1.82, 2.24) is 10.2 Å². The van der Waals surface area contributed by atoms with Gasteiger partial charge in [0, 0.05) is 19.1 Å². The van der Waals surface area contributed by atoms with Crippen molar-refractivity contribution in [2.24, 2.45) is 5.92 Å². The lowest BCUT2D eigenvalue weighted by molar-refractivity contribution is 0.169. The predicted octanol–water partition coefficient (Wildman–Crippen LogP) is 2.99. The molecule has 1 N–H and O–H groups in total. The highest BCUT2D eigenvalue weighted by Crippen LogP contribution is 2.20. The Balaban J connectivity index is 1.98. The number of rotatable bonds is 4. The summed E-state index contributed by atoms with van der Waals surface area (Å²) in [5, 5.41) is 3.46. The molecule has 1 aliphatic heterocycles. The van der Waals surface area contributed by atoms with E-state index in [1.807, 2.05) is 0 Å². The molecule has 1 aliphatic rings. The lowest BCUT2D eigenvalue weighted by Crippen LogP contribution is -2.39. The van der Waals surface area contributed by atoms with Gasteiger partial charge in [-0.2, -0.15) is 0 Å². The van der Waals surface area contributed by atoms with Crippen molar-refractivity contribution in [3.05, 3.63) is 35.4 Å². The summed E-state index contributed by atoms with van der Waals surface area (Å²) in [4.78, 5) is 2.61. The molecule has 100 valence electrons. The second kappa shape index (κ2) is 6.35. The minimum Gasteiger partial charge on any atom is -0.312 e. The zero-order valence-corrected chi connectivity index (χ0v) is 11.9. The number of piperidine rings is 1. The average molecular weight is 246 g/mol. The molecular weight excluding hydrogens is 220 g/mol. The lowest BCUT2D eigenvalue weighted by atomic mass is 9.98. The SMILES string of the molecule is CNC(CN1CCCC(C)C1)c1ccc(C)cc1. The maximum atomic E-state index is 3.46. The highest BCUT2D eigenvalue weighted by Gasteiger charge is 2.19. The molecule has 2 atom stereocenters. The molecule has 1 saturated heterocycles. The molecule has 0 radical (unpaired) electrons. The standard InChI is InChI=1S/C16H26N2/c1-13-6-8-15(9-7-13)16(17-3)12-18-10-4-5-14(2)11-18/h6-9,14,16-17H,4-5,10-12H2,1-3H3. The number of hydrogen-bond donors (Lipinski definition) is 1. The minimum atomic E-state index is 0.455. The first-order valence-electron chi connectivity index (χ1n) is 7.15. The molecule has 2 rings (SSSR count). The van der Waals surface area contributed by atoms with Gasteiger partial charge in [-0.15, -0.1) is 0 Å². The Bertz CT molecular complexity index is 358. The van der Waals surface area contributed by atoms with Crippen molar-refractivity contribution in [1.29, 1.82) is 0 Å². The van der Waals surface area contributed by atoms with E-state index in [-0.39, 0.29) is 0 Å². The van der Waals surface area contributed by atoms with Gasteiger partial charge in [0.15, 0.2) is 0 Å². The van der Waals surface area contributed by atoms with E-state index in [2.05, 4.69) is 55.4 Å². The first kappa shape index (κ1) is 13.6. The van der Waals surface area contributed by atoms with E-state index in [0.29, 0.717) is 6.04 Å². The van der Waals surface area contributed by atoms with E-state index in [0.717, 1.165) is 12.5 Å². The van der Waals surface area contributed by atoms with Crippen LogP contribution in [0.1, 0.15) is 36.9 Å². The Morgan fingerprint density at radius 2 is 2.06 bits per heavy atom. The normalized spacial score (nSPS) is 22.9. The third-order valence-corrected chi connectivity index (χ3v) is 4.01. The van der Waals surface area contributed by atoms with Gasteiger partial charge in [-0.1, -0.05) is 36.8 Å². The molecule has 0 amide bonds. The van der Waals surface area contributed by atoms with Crippen LogP contribution < -0.4 is 5.32 Å². The molecule has 1 fully saturated rings. The number of nitrogens with zero attached hydrogens (tertiary/aromatic N) is 1. The first-order chi connectivity index (χ1) is 8.69. The van der Waals surface area contributed by atoms with Gasteiger partial charge in [0.05, 0.1) is 0 Å². The fraction of sp³-hybridized carbons (Fsp3) is 0.625. The summed E-state index contributed by atoms with van der Waals surface area (Å²) in [6.07, 6.45) is 2.75. The van der Waals surface area contributed by atoms with Crippen LogP contribution in [0.5, 0.6) is 0 Å². The Hall–Kier alpha value is -0.860. The number of nitrogens with one attached hydrogen (secondary N) is 1. The summed E-state index contributed by atoms with van der Waals surface area (Å²) in [6.45, 7) is 8.15. The van der Waals surface area contributed by atoms with Crippen LogP contribution in [0.25, 0.3) is 0 Å². The van der Waals surface area contributed by atoms with Gasteiger partial charge >= 0.3 is 0 Å². The molecule has 1 aromatic carbocycles. The Kier molecular flexibility index (Phi) is 4.79. The third-order valence-electron chi connectivity index (χ3n) is 4.01. The molecule has 0 bridgehead atoms. The third kappa shape index (κ3) is 3.56. The highest BCUT2D eigenvalue weighted by molar-refractivity contribution is 5.24. The van der Waals surface area contributed by atoms with Gasteiger partial charge < -0.3 is 10.2 Å². The quantitative estimate of drug-likeness (QED) is 0.878. The molecule has 1 heterocycles. The van der Waals surface area contributed by atoms with Crippen molar-refractivity contribution in [2.75, 3.05) is 26.7 Å². The number of likely N-dealkylation sites (tertiary alicyclic amines) is 1. The van der Waals surface area contributed by atoms with Crippen molar-refractivity contribution in [2.45, 2.75) is 32.7 Å². The minimum absolute atomic E-state index is 0.455. The van der Waals surface area contributed by atoms with Crippen LogP contribution in [0.15, 0.2) is 24.3 Å². The second-order valence-electron chi connectivity index (χ2n) is 5.76. The van der Waals surface area contributed by atoms with E-state index >= 15 is 0 Å². The van der Waals surface area contributed by atoms with Crippen molar-refractivity contribution < 1.29 is 0 Å². The summed E-state index contributed by atoms with van der Waals surface area (Å²) in [5.41, 5.74) is 2.74. The van der Waals surface area contributed by atoms with Crippen LogP contribution >= 0.6 is 0 Å². The topological polar surface area (TPSA) is 15.3 Å². The van der Waals surface area contributed by atoms with Crippen molar-refractivity contribution >= 4 is 0 Å². The molecular formula is C16H26N2. The average Bonchev–Trinajstić information content (AvgIpc) is 2.37. The summed E-state index contributed by atoms with van der Waals surface area (Å²) in [6, 6.07) is 9.38. The largest absolute Gasteiger partial charge is 0.312 e. The van der Waals surface area contributed by atoms with Gasteiger partial charge in [0.1, 0.15) is 0 Å². The van der Waals surface area contributed by atoms with Crippen LogP contribution in [-0.2, 0) is 0 Å². The van der Waals surface area contributed by atoms with Crippen molar-refractivity contribution in [3.63, 3.8) is 0 Å². The van der Waals surface area contributed by atoms with Crippen LogP contribution in [0.3, 0.4) is 0 Å². The molecule has 2 nitrogen and oxygen atoms in total. The van der Waals surface area contributed by atoms with E-state index in [1.165, 1.54) is 37.1 Å². The summed E-state index contributed by atoms with van der Waals surface area (Å²) in [5.74, 6) is 0.856. The van der Waals surface area contributed by atoms with E-state index in [4.69, 9.17) is 0 Å². The highest BCUT2D eigenvalue weighted by atomic mass is 15.2. The molecule has 2 unspecified atom stereocenters. The van der Waals surface area contributed by atoms with E-state index in [1.54, 1.807) is 0 Å².